The van der Waals surface area contributed by atoms with Gasteiger partial charge in [0.25, 0.3) is 0 Å². The molecule has 0 unspecified atom stereocenters. The van der Waals surface area contributed by atoms with E-state index in [0.717, 1.165) is 25.2 Å². The fourth-order valence-corrected chi connectivity index (χ4v) is 1.47. The third kappa shape index (κ3) is 3.53. The number of pyridine rings is 1. The minimum atomic E-state index is 0.309. The Balaban J connectivity index is 1.98. The van der Waals surface area contributed by atoms with Crippen molar-refractivity contribution < 1.29 is 4.74 Å². The highest BCUT2D eigenvalue weighted by atomic mass is 16.5. The summed E-state index contributed by atoms with van der Waals surface area (Å²) < 4.78 is 7.05. The maximum Gasteiger partial charge on any atom is 0.342 e. The molecule has 2 aromatic heterocycles. The highest BCUT2D eigenvalue weighted by molar-refractivity contribution is 5.18. The molecule has 96 valence electrons. The molecule has 0 saturated heterocycles. The Morgan fingerprint density at radius 3 is 3.00 bits per heavy atom. The predicted octanol–water partition coefficient (Wildman–Crippen LogP) is 1.50. The van der Waals surface area contributed by atoms with Crippen LogP contribution in [-0.4, -0.2) is 26.3 Å². The van der Waals surface area contributed by atoms with E-state index >= 15 is 0 Å². The van der Waals surface area contributed by atoms with Gasteiger partial charge in [-0.3, -0.25) is 4.68 Å². The van der Waals surface area contributed by atoms with Crippen LogP contribution in [0.1, 0.15) is 19.0 Å². The minimum Gasteiger partial charge on any atom is -0.404 e. The molecule has 0 aliphatic rings. The molecule has 1 N–H and O–H groups in total. The van der Waals surface area contributed by atoms with E-state index in [-0.39, 0.29) is 0 Å². The first kappa shape index (κ1) is 12.5. The van der Waals surface area contributed by atoms with Gasteiger partial charge in [0.2, 0.25) is 5.88 Å². The molecule has 0 aliphatic heterocycles. The van der Waals surface area contributed by atoms with Crippen molar-refractivity contribution in [1.29, 1.82) is 0 Å². The molecule has 0 aromatic carbocycles. The van der Waals surface area contributed by atoms with Gasteiger partial charge in [0, 0.05) is 19.7 Å². The van der Waals surface area contributed by atoms with Crippen LogP contribution in [0.25, 0.3) is 0 Å². The highest BCUT2D eigenvalue weighted by Crippen LogP contribution is 2.14. The SMILES string of the molecule is CCCNCc1cccc(Oc2ncn(C)n2)n1. The van der Waals surface area contributed by atoms with Crippen molar-refractivity contribution in [3.05, 3.63) is 30.2 Å². The van der Waals surface area contributed by atoms with Crippen molar-refractivity contribution in [2.75, 3.05) is 6.54 Å². The van der Waals surface area contributed by atoms with Gasteiger partial charge in [0.15, 0.2) is 0 Å². The fourth-order valence-electron chi connectivity index (χ4n) is 1.47. The van der Waals surface area contributed by atoms with Gasteiger partial charge < -0.3 is 10.1 Å². The lowest BCUT2D eigenvalue weighted by Gasteiger charge is -2.04. The van der Waals surface area contributed by atoms with Crippen LogP contribution in [0.2, 0.25) is 0 Å². The Hall–Kier alpha value is -1.95. The number of aryl methyl sites for hydroxylation is 1. The topological polar surface area (TPSA) is 64.9 Å². The summed E-state index contributed by atoms with van der Waals surface area (Å²) in [6, 6.07) is 5.97. The quantitative estimate of drug-likeness (QED) is 0.784. The van der Waals surface area contributed by atoms with E-state index in [1.54, 1.807) is 24.1 Å². The second kappa shape index (κ2) is 6.11. The second-order valence-electron chi connectivity index (χ2n) is 3.95. The van der Waals surface area contributed by atoms with Crippen molar-refractivity contribution in [3.63, 3.8) is 0 Å². The van der Waals surface area contributed by atoms with Gasteiger partial charge >= 0.3 is 6.01 Å². The van der Waals surface area contributed by atoms with Crippen LogP contribution < -0.4 is 10.1 Å². The number of hydrogen-bond acceptors (Lipinski definition) is 5. The molecule has 2 heterocycles. The summed E-state index contributed by atoms with van der Waals surface area (Å²) in [5.74, 6) is 0.511. The molecule has 2 rings (SSSR count). The van der Waals surface area contributed by atoms with Crippen LogP contribution in [0.4, 0.5) is 0 Å². The first-order chi connectivity index (χ1) is 8.78. The fraction of sp³-hybridized carbons (Fsp3) is 0.417. The number of rotatable bonds is 6. The van der Waals surface area contributed by atoms with E-state index in [0.29, 0.717) is 11.9 Å². The van der Waals surface area contributed by atoms with E-state index in [4.69, 9.17) is 4.74 Å². The predicted molar refractivity (Wildman–Crippen MR) is 67.3 cm³/mol. The first-order valence-electron chi connectivity index (χ1n) is 5.98. The molecule has 0 atom stereocenters. The molecule has 6 nitrogen and oxygen atoms in total. The molecular formula is C12H17N5O. The monoisotopic (exact) mass is 247 g/mol. The molecule has 2 aromatic rings. The lowest BCUT2D eigenvalue weighted by molar-refractivity contribution is 0.420. The zero-order valence-electron chi connectivity index (χ0n) is 10.6. The van der Waals surface area contributed by atoms with E-state index < -0.39 is 0 Å². The Labute approximate surface area is 106 Å². The Morgan fingerprint density at radius 1 is 1.39 bits per heavy atom. The number of aromatic nitrogens is 4. The number of hydrogen-bond donors (Lipinski definition) is 1. The molecule has 0 bridgehead atoms. The van der Waals surface area contributed by atoms with Gasteiger partial charge in [-0.05, 0) is 19.0 Å². The summed E-state index contributed by atoms with van der Waals surface area (Å²) in [4.78, 5) is 8.37. The molecule has 0 saturated carbocycles. The van der Waals surface area contributed by atoms with Gasteiger partial charge in [-0.1, -0.05) is 13.0 Å². The van der Waals surface area contributed by atoms with Crippen LogP contribution in [0, 0.1) is 0 Å². The molecule has 0 fully saturated rings. The molecule has 0 amide bonds. The Bertz CT molecular complexity index is 497. The van der Waals surface area contributed by atoms with E-state index in [2.05, 4.69) is 27.3 Å². The summed E-state index contributed by atoms with van der Waals surface area (Å²) >= 11 is 0. The smallest absolute Gasteiger partial charge is 0.342 e. The zero-order chi connectivity index (χ0) is 12.8. The molecule has 18 heavy (non-hydrogen) atoms. The number of nitrogens with one attached hydrogen (secondary N) is 1. The standard InChI is InChI=1S/C12H17N5O/c1-3-7-13-8-10-5-4-6-11(15-10)18-12-14-9-17(2)16-12/h4-6,9,13H,3,7-8H2,1-2H3. The number of nitrogens with zero attached hydrogens (tertiary/aromatic N) is 4. The van der Waals surface area contributed by atoms with Gasteiger partial charge in [-0.25, -0.2) is 4.98 Å². The third-order valence-electron chi connectivity index (χ3n) is 2.29. The van der Waals surface area contributed by atoms with Crippen molar-refractivity contribution in [1.82, 2.24) is 25.1 Å². The Morgan fingerprint density at radius 2 is 2.28 bits per heavy atom. The summed E-state index contributed by atoms with van der Waals surface area (Å²) in [6.07, 6.45) is 2.69. The second-order valence-corrected chi connectivity index (χ2v) is 3.95. The average Bonchev–Trinajstić information content (AvgIpc) is 2.76. The first-order valence-corrected chi connectivity index (χ1v) is 5.98. The third-order valence-corrected chi connectivity index (χ3v) is 2.29. The van der Waals surface area contributed by atoms with E-state index in [1.807, 2.05) is 12.1 Å². The Kier molecular flexibility index (Phi) is 4.25. The maximum absolute atomic E-state index is 5.46. The summed E-state index contributed by atoms with van der Waals surface area (Å²) in [7, 11) is 1.79. The van der Waals surface area contributed by atoms with Gasteiger partial charge in [-0.2, -0.15) is 4.98 Å². The van der Waals surface area contributed by atoms with Gasteiger partial charge in [0.05, 0.1) is 5.69 Å². The van der Waals surface area contributed by atoms with Crippen molar-refractivity contribution >= 4 is 0 Å². The molecule has 0 spiro atoms. The lowest BCUT2D eigenvalue weighted by Crippen LogP contribution is -2.14. The molecule has 0 aliphatic carbocycles. The summed E-state index contributed by atoms with van der Waals surface area (Å²) in [5, 5.41) is 7.33. The molecule has 6 heteroatoms. The van der Waals surface area contributed by atoms with Crippen LogP contribution in [0.3, 0.4) is 0 Å². The normalized spacial score (nSPS) is 10.6. The van der Waals surface area contributed by atoms with Crippen molar-refractivity contribution in [3.8, 4) is 11.9 Å². The minimum absolute atomic E-state index is 0.309. The largest absolute Gasteiger partial charge is 0.404 e. The van der Waals surface area contributed by atoms with Crippen LogP contribution in [0.15, 0.2) is 24.5 Å². The molecular weight excluding hydrogens is 230 g/mol. The zero-order valence-corrected chi connectivity index (χ0v) is 10.6. The van der Waals surface area contributed by atoms with Crippen molar-refractivity contribution in [2.24, 2.45) is 7.05 Å². The van der Waals surface area contributed by atoms with Gasteiger partial charge in [-0.15, -0.1) is 5.10 Å². The van der Waals surface area contributed by atoms with Crippen LogP contribution in [0.5, 0.6) is 11.9 Å². The highest BCUT2D eigenvalue weighted by Gasteiger charge is 2.04. The summed E-state index contributed by atoms with van der Waals surface area (Å²) in [5.41, 5.74) is 0.942. The van der Waals surface area contributed by atoms with Crippen molar-refractivity contribution in [2.45, 2.75) is 19.9 Å². The van der Waals surface area contributed by atoms with E-state index in [9.17, 15) is 0 Å². The molecule has 0 radical (unpaired) electrons. The average molecular weight is 247 g/mol. The maximum atomic E-state index is 5.46. The van der Waals surface area contributed by atoms with Gasteiger partial charge in [0.1, 0.15) is 6.33 Å². The van der Waals surface area contributed by atoms with E-state index in [1.165, 1.54) is 0 Å². The summed E-state index contributed by atoms with van der Waals surface area (Å²) in [6.45, 7) is 3.85. The van der Waals surface area contributed by atoms with Crippen LogP contribution in [-0.2, 0) is 13.6 Å². The van der Waals surface area contributed by atoms with Crippen LogP contribution >= 0.6 is 0 Å². The number of ether oxygens (including phenoxy) is 1. The lowest BCUT2D eigenvalue weighted by atomic mass is 10.3.